The molecule has 0 radical (unpaired) electrons. The summed E-state index contributed by atoms with van der Waals surface area (Å²) in [6, 6.07) is 17.4. The van der Waals surface area contributed by atoms with Gasteiger partial charge < -0.3 is 33.8 Å². The Bertz CT molecular complexity index is 2770. The summed E-state index contributed by atoms with van der Waals surface area (Å²) in [6.07, 6.45) is 15.5. The van der Waals surface area contributed by atoms with Gasteiger partial charge in [-0.3, -0.25) is 0 Å². The molecule has 3 saturated carbocycles. The molecule has 12 heteroatoms. The summed E-state index contributed by atoms with van der Waals surface area (Å²) in [5.74, 6) is 1.44. The van der Waals surface area contributed by atoms with E-state index < -0.39 is 5.97 Å². The number of hydrogen-bond donors (Lipinski definition) is 1. The van der Waals surface area contributed by atoms with Crippen molar-refractivity contribution in [3.63, 3.8) is 0 Å². The van der Waals surface area contributed by atoms with Crippen LogP contribution in [0, 0.1) is 0 Å². The minimum absolute atomic E-state index is 0. The molecule has 6 aromatic rings. The number of carboxylic acid groups (broad SMARTS) is 1. The second-order valence-electron chi connectivity index (χ2n) is 19.6. The third-order valence-corrected chi connectivity index (χ3v) is 14.7. The molecular formula is C56H74N3NaO7Pd. The number of ether oxygens (including phenoxy) is 2. The zero-order chi connectivity index (χ0) is 46.9. The molecule has 3 aromatic carbocycles. The van der Waals surface area contributed by atoms with Crippen LogP contribution in [0.3, 0.4) is 0 Å². The standard InChI is InChI=1S/C19H25NO2.C19H23NO2.C18H23NO2.Na.H2O.Pd.H2/c2*1-12(2)18-17(13-7-5-6-8-13)15-10-9-14(19(21)22-4)11-16(15)20(18)3;1-11(2)17-16(12-6-4-5-7-12)14-9-8-13(18(20)21)10-15(14)19(17)3;;;;/h9-13H,5-8H2,1-4H3;9-11,13H,1,5-8H2,2-4H3;8-12H,4-7H2,1-3H3,(H,20,21);;1H2;;1H/q;;;+1;;;/p-1. The summed E-state index contributed by atoms with van der Waals surface area (Å²) >= 11 is 0. The average Bonchev–Trinajstić information content (AvgIpc) is 4.17. The van der Waals surface area contributed by atoms with E-state index in [0.717, 1.165) is 22.1 Å². The molecule has 68 heavy (non-hydrogen) atoms. The van der Waals surface area contributed by atoms with Crippen molar-refractivity contribution in [3.05, 3.63) is 112 Å². The molecule has 3 heterocycles. The number of aromatic carboxylic acids is 1. The van der Waals surface area contributed by atoms with Crippen molar-refractivity contribution < 1.29 is 85.8 Å². The Morgan fingerprint density at radius 2 is 0.897 bits per heavy atom. The van der Waals surface area contributed by atoms with Gasteiger partial charge in [-0.15, -0.1) is 0 Å². The van der Waals surface area contributed by atoms with E-state index in [-0.39, 0.29) is 68.8 Å². The van der Waals surface area contributed by atoms with Gasteiger partial charge in [0.1, 0.15) is 0 Å². The Morgan fingerprint density at radius 3 is 1.22 bits per heavy atom. The van der Waals surface area contributed by atoms with Gasteiger partial charge in [-0.2, -0.15) is 0 Å². The minimum atomic E-state index is -0.855. The zero-order valence-electron chi connectivity index (χ0n) is 42.4. The van der Waals surface area contributed by atoms with Crippen LogP contribution in [-0.4, -0.2) is 56.4 Å². The van der Waals surface area contributed by atoms with Gasteiger partial charge in [-0.25, -0.2) is 14.4 Å². The van der Waals surface area contributed by atoms with Gasteiger partial charge in [-0.05, 0) is 134 Å². The summed E-state index contributed by atoms with van der Waals surface area (Å²) in [5, 5.41) is 13.0. The van der Waals surface area contributed by atoms with Crippen LogP contribution in [0.1, 0.15) is 208 Å². The number of benzene rings is 3. The first-order valence-corrected chi connectivity index (χ1v) is 24.0. The Balaban J connectivity index is 0.000000266. The van der Waals surface area contributed by atoms with Gasteiger partial charge in [0.25, 0.3) is 0 Å². The summed E-state index contributed by atoms with van der Waals surface area (Å²) in [7, 11) is 9.10. The first-order valence-electron chi connectivity index (χ1n) is 24.0. The fourth-order valence-corrected chi connectivity index (χ4v) is 11.9. The third-order valence-electron chi connectivity index (χ3n) is 14.7. The number of carbonyl (C=O) groups excluding carboxylic acids is 2. The number of carboxylic acids is 1. The van der Waals surface area contributed by atoms with Crippen LogP contribution in [0.2, 0.25) is 0 Å². The molecule has 0 aliphatic heterocycles. The SMILES string of the molecule is C=C(C)c1c(C2CCCC2)c2ccc(C(=O)OC)cc2n1C.CC(C)c1c(C2CCCC2)c2ccc(C(=O)O)cc2n1C.COC(=O)c1ccc2c(C3CCCC3)c(C(C)C)n(C)c2c1.[HH].[Na+].[OH-].[Pd]. The number of methoxy groups -OCH3 is 2. The fraction of sp³-hybridized carbons (Fsp3) is 0.482. The molecule has 0 amide bonds. The fourth-order valence-electron chi connectivity index (χ4n) is 11.9. The summed E-state index contributed by atoms with van der Waals surface area (Å²) in [6.45, 7) is 15.2. The second-order valence-corrected chi connectivity index (χ2v) is 19.6. The molecule has 0 bridgehead atoms. The van der Waals surface area contributed by atoms with Crippen LogP contribution in [0.25, 0.3) is 38.3 Å². The van der Waals surface area contributed by atoms with Gasteiger partial charge in [0.05, 0.1) is 30.9 Å². The average molecular weight is 1030 g/mol. The van der Waals surface area contributed by atoms with Crippen LogP contribution < -0.4 is 29.6 Å². The maximum atomic E-state index is 11.8. The van der Waals surface area contributed by atoms with Crippen LogP contribution in [0.5, 0.6) is 0 Å². The summed E-state index contributed by atoms with van der Waals surface area (Å²) in [5.41, 5.74) is 14.4. The van der Waals surface area contributed by atoms with Crippen molar-refractivity contribution in [3.8, 4) is 0 Å². The maximum absolute atomic E-state index is 11.8. The van der Waals surface area contributed by atoms with Crippen molar-refractivity contribution in [1.29, 1.82) is 0 Å². The first-order chi connectivity index (χ1) is 31.1. The van der Waals surface area contributed by atoms with Gasteiger partial charge >= 0.3 is 47.5 Å². The molecule has 0 saturated heterocycles. The molecule has 3 aromatic heterocycles. The van der Waals surface area contributed by atoms with Crippen molar-refractivity contribution in [2.75, 3.05) is 14.2 Å². The van der Waals surface area contributed by atoms with Crippen molar-refractivity contribution in [2.24, 2.45) is 21.1 Å². The van der Waals surface area contributed by atoms with E-state index >= 15 is 0 Å². The molecular weight excluding hydrogens is 956 g/mol. The van der Waals surface area contributed by atoms with Crippen LogP contribution in [-0.2, 0) is 51.0 Å². The molecule has 3 aliphatic rings. The number of aromatic nitrogens is 3. The molecule has 3 aliphatic carbocycles. The summed E-state index contributed by atoms with van der Waals surface area (Å²) in [4.78, 5) is 34.8. The molecule has 0 spiro atoms. The normalized spacial score (nSPS) is 15.1. The molecule has 0 unspecified atom stereocenters. The maximum Gasteiger partial charge on any atom is 1.00 e. The van der Waals surface area contributed by atoms with E-state index in [4.69, 9.17) is 9.47 Å². The van der Waals surface area contributed by atoms with Gasteiger partial charge in [-0.1, -0.05) is 91.0 Å². The van der Waals surface area contributed by atoms with E-state index in [9.17, 15) is 19.5 Å². The Labute approximate surface area is 440 Å². The number of esters is 2. The van der Waals surface area contributed by atoms with Crippen molar-refractivity contribution in [1.82, 2.24) is 13.7 Å². The van der Waals surface area contributed by atoms with Crippen LogP contribution in [0.4, 0.5) is 0 Å². The van der Waals surface area contributed by atoms with Crippen LogP contribution in [0.15, 0.2) is 61.2 Å². The third kappa shape index (κ3) is 11.1. The Kier molecular flexibility index (Phi) is 20.2. The van der Waals surface area contributed by atoms with E-state index in [1.54, 1.807) is 6.07 Å². The van der Waals surface area contributed by atoms with Gasteiger partial charge in [0.15, 0.2) is 0 Å². The van der Waals surface area contributed by atoms with Gasteiger partial charge in [0, 0.05) is 92.8 Å². The predicted molar refractivity (Wildman–Crippen MR) is 269 cm³/mol. The van der Waals surface area contributed by atoms with E-state index in [1.165, 1.54) is 141 Å². The zero-order valence-corrected chi connectivity index (χ0v) is 45.9. The van der Waals surface area contributed by atoms with Crippen LogP contribution >= 0.6 is 0 Å². The molecule has 9 rings (SSSR count). The van der Waals surface area contributed by atoms with E-state index in [0.29, 0.717) is 46.3 Å². The summed E-state index contributed by atoms with van der Waals surface area (Å²) < 4.78 is 16.4. The number of hydrogen-bond acceptors (Lipinski definition) is 6. The Hall–Kier alpha value is -3.95. The van der Waals surface area contributed by atoms with E-state index in [2.05, 4.69) is 88.2 Å². The topological polar surface area (TPSA) is 135 Å². The van der Waals surface area contributed by atoms with E-state index in [1.807, 2.05) is 36.4 Å². The molecule has 10 nitrogen and oxygen atoms in total. The Morgan fingerprint density at radius 1 is 0.588 bits per heavy atom. The number of rotatable bonds is 9. The number of nitrogens with zero attached hydrogens (tertiary/aromatic N) is 3. The smallest absolute Gasteiger partial charge is 0.870 e. The number of aryl methyl sites for hydroxylation is 3. The first kappa shape index (κ1) is 56.6. The quantitative estimate of drug-likeness (QED) is 0.113. The number of allylic oxidation sites excluding steroid dienone is 1. The monoisotopic (exact) mass is 1030 g/mol. The molecule has 3 fully saturated rings. The molecule has 0 atom stereocenters. The van der Waals surface area contributed by atoms with Crippen molar-refractivity contribution >= 4 is 56.2 Å². The largest absolute Gasteiger partial charge is 1.00 e. The predicted octanol–water partition coefficient (Wildman–Crippen LogP) is 11.1. The van der Waals surface area contributed by atoms with Crippen molar-refractivity contribution in [2.45, 2.75) is 141 Å². The number of fused-ring (bicyclic) bond motifs is 3. The molecule has 366 valence electrons. The van der Waals surface area contributed by atoms with Gasteiger partial charge in [0.2, 0.25) is 0 Å². The second kappa shape index (κ2) is 24.3. The minimum Gasteiger partial charge on any atom is -0.870 e. The number of carbonyl (C=O) groups is 3. The molecule has 2 N–H and O–H groups in total.